The van der Waals surface area contributed by atoms with E-state index >= 15 is 0 Å². The summed E-state index contributed by atoms with van der Waals surface area (Å²) in [5.74, 6) is 1.13. The molecule has 7 heterocycles. The average Bonchev–Trinajstić information content (AvgIpc) is 3.31. The molecule has 2 saturated heterocycles. The highest BCUT2D eigenvalue weighted by Crippen LogP contribution is 2.40. The Labute approximate surface area is 243 Å². The number of nitrogens with zero attached hydrogens (tertiary/aromatic N) is 5. The van der Waals surface area contributed by atoms with Crippen LogP contribution in [0.5, 0.6) is 5.88 Å². The van der Waals surface area contributed by atoms with Crippen molar-refractivity contribution in [2.45, 2.75) is 70.1 Å². The highest BCUT2D eigenvalue weighted by Gasteiger charge is 2.47. The minimum atomic E-state index is -0.0699. The maximum Gasteiger partial charge on any atom is 0.254 e. The molecule has 0 spiro atoms. The van der Waals surface area contributed by atoms with Gasteiger partial charge in [-0.2, -0.15) is 0 Å². The van der Waals surface area contributed by atoms with Gasteiger partial charge in [-0.3, -0.25) is 14.0 Å². The molecule has 2 amide bonds. The van der Waals surface area contributed by atoms with Crippen LogP contribution in [0.15, 0.2) is 36.4 Å². The first-order chi connectivity index (χ1) is 20.4. The van der Waals surface area contributed by atoms with Crippen molar-refractivity contribution in [2.24, 2.45) is 11.7 Å². The topological polar surface area (TPSA) is 120 Å². The van der Waals surface area contributed by atoms with Gasteiger partial charge in [0.15, 0.2) is 5.88 Å². The first-order valence-corrected chi connectivity index (χ1v) is 15.0. The summed E-state index contributed by atoms with van der Waals surface area (Å²) >= 11 is 0. The highest BCUT2D eigenvalue weighted by atomic mass is 16.5. The number of fused-ring (bicyclic) bond motifs is 4. The molecule has 4 aromatic rings. The van der Waals surface area contributed by atoms with Gasteiger partial charge in [0.05, 0.1) is 24.2 Å². The maximum absolute atomic E-state index is 13.7. The lowest BCUT2D eigenvalue weighted by Gasteiger charge is -2.23. The van der Waals surface area contributed by atoms with Crippen molar-refractivity contribution in [1.82, 2.24) is 29.2 Å². The lowest BCUT2D eigenvalue weighted by atomic mass is 9.97. The number of hydrogen-bond acceptors (Lipinski definition) is 6. The number of nitrogens with one attached hydrogen (secondary N) is 1. The molecule has 216 valence electrons. The van der Waals surface area contributed by atoms with Crippen molar-refractivity contribution in [3.8, 4) is 17.3 Å². The molecule has 1 saturated carbocycles. The first-order valence-electron chi connectivity index (χ1n) is 15.0. The largest absolute Gasteiger partial charge is 0.482 e. The molecular formula is C32H35N7O3. The predicted molar refractivity (Wildman–Crippen MR) is 159 cm³/mol. The van der Waals surface area contributed by atoms with Crippen molar-refractivity contribution in [3.63, 3.8) is 0 Å². The number of nitrogens with two attached hydrogens (primary N) is 1. The Bertz CT molecular complexity index is 1810. The number of pyridine rings is 2. The third-order valence-electron chi connectivity index (χ3n) is 9.65. The van der Waals surface area contributed by atoms with E-state index in [0.717, 1.165) is 71.6 Å². The van der Waals surface area contributed by atoms with E-state index in [4.69, 9.17) is 20.4 Å². The van der Waals surface area contributed by atoms with Crippen LogP contribution in [0.2, 0.25) is 0 Å². The molecule has 4 aliphatic rings. The van der Waals surface area contributed by atoms with Crippen molar-refractivity contribution in [2.75, 3.05) is 13.7 Å². The zero-order valence-electron chi connectivity index (χ0n) is 24.0. The molecule has 8 rings (SSSR count). The molecule has 10 nitrogen and oxygen atoms in total. The second-order valence-electron chi connectivity index (χ2n) is 12.3. The van der Waals surface area contributed by atoms with Crippen LogP contribution < -0.4 is 15.8 Å². The number of methoxy groups -OCH3 is 1. The van der Waals surface area contributed by atoms with E-state index in [1.807, 2.05) is 34.4 Å². The Balaban J connectivity index is 1.24. The van der Waals surface area contributed by atoms with Gasteiger partial charge in [-0.25, -0.2) is 9.97 Å². The lowest BCUT2D eigenvalue weighted by Crippen LogP contribution is -2.40. The van der Waals surface area contributed by atoms with Crippen LogP contribution in [0.25, 0.3) is 33.6 Å². The number of amides is 2. The molecule has 1 aliphatic carbocycles. The van der Waals surface area contributed by atoms with Gasteiger partial charge in [0.25, 0.3) is 5.91 Å². The molecule has 0 radical (unpaired) electrons. The van der Waals surface area contributed by atoms with Crippen molar-refractivity contribution in [3.05, 3.63) is 53.4 Å². The minimum Gasteiger partial charge on any atom is -0.482 e. The monoisotopic (exact) mass is 565 g/mol. The Hall–Kier alpha value is -4.18. The Morgan fingerprint density at radius 3 is 2.71 bits per heavy atom. The summed E-state index contributed by atoms with van der Waals surface area (Å²) in [5.41, 5.74) is 13.1. The highest BCUT2D eigenvalue weighted by molar-refractivity contribution is 5.98. The van der Waals surface area contributed by atoms with Crippen LogP contribution >= 0.6 is 0 Å². The lowest BCUT2D eigenvalue weighted by molar-refractivity contribution is -0.116. The Morgan fingerprint density at radius 2 is 2.00 bits per heavy atom. The fourth-order valence-electron chi connectivity index (χ4n) is 7.34. The number of hydrogen-bond donors (Lipinski definition) is 2. The van der Waals surface area contributed by atoms with Gasteiger partial charge in [-0.05, 0) is 81.2 Å². The van der Waals surface area contributed by atoms with Crippen molar-refractivity contribution in [1.29, 1.82) is 0 Å². The SMILES string of the molecule is COc1cc(C(=O)N2[C@H]3CC[C@@H]2[C@H](N)C3)cc2nc(-c3cc4ccc(C5=CC(=O)NCC5)nc4n3CC3CC3)c(C)n12. The Morgan fingerprint density at radius 1 is 1.14 bits per heavy atom. The summed E-state index contributed by atoms with van der Waals surface area (Å²) in [5, 5.41) is 3.89. The maximum atomic E-state index is 13.7. The zero-order valence-corrected chi connectivity index (χ0v) is 24.0. The second-order valence-corrected chi connectivity index (χ2v) is 12.3. The normalized spacial score (nSPS) is 23.6. The summed E-state index contributed by atoms with van der Waals surface area (Å²) in [6.07, 6.45) is 7.68. The van der Waals surface area contributed by atoms with E-state index in [0.29, 0.717) is 29.6 Å². The molecule has 42 heavy (non-hydrogen) atoms. The summed E-state index contributed by atoms with van der Waals surface area (Å²) in [4.78, 5) is 37.9. The number of aromatic nitrogens is 4. The van der Waals surface area contributed by atoms with Gasteiger partial charge in [-0.1, -0.05) is 0 Å². The quantitative estimate of drug-likeness (QED) is 0.368. The smallest absolute Gasteiger partial charge is 0.254 e. The van der Waals surface area contributed by atoms with Gasteiger partial charge in [0.1, 0.15) is 17.0 Å². The fourth-order valence-corrected chi connectivity index (χ4v) is 7.34. The molecular weight excluding hydrogens is 530 g/mol. The predicted octanol–water partition coefficient (Wildman–Crippen LogP) is 3.69. The summed E-state index contributed by atoms with van der Waals surface area (Å²) in [6, 6.07) is 10.3. The Kier molecular flexibility index (Phi) is 5.72. The summed E-state index contributed by atoms with van der Waals surface area (Å²) in [6.45, 7) is 3.53. The molecule has 3 aliphatic heterocycles. The summed E-state index contributed by atoms with van der Waals surface area (Å²) in [7, 11) is 1.63. The van der Waals surface area contributed by atoms with E-state index in [1.54, 1.807) is 13.2 Å². The molecule has 2 bridgehead atoms. The van der Waals surface area contributed by atoms with Crippen LogP contribution in [-0.2, 0) is 11.3 Å². The average molecular weight is 566 g/mol. The molecule has 3 fully saturated rings. The standard InChI is InChI=1S/C32H35N7O3/c1-17-30(36-27-12-21(14-29(42-2)38(17)27)32(41)39-22-6-8-25(39)23(33)15-22)26-11-20-5-7-24(19-9-10-34-28(40)13-19)35-31(20)37(26)16-18-3-4-18/h5,7,11-14,18,22-23,25H,3-4,6,8-10,15-16,33H2,1-2H3,(H,34,40)/t22-,23+,25+/m0/s1. The van der Waals surface area contributed by atoms with Crippen molar-refractivity contribution < 1.29 is 14.3 Å². The van der Waals surface area contributed by atoms with Gasteiger partial charge >= 0.3 is 0 Å². The van der Waals surface area contributed by atoms with Crippen LogP contribution in [0, 0.1) is 12.8 Å². The molecule has 4 aromatic heterocycles. The van der Waals surface area contributed by atoms with Crippen LogP contribution in [-0.4, -0.2) is 67.4 Å². The molecule has 0 unspecified atom stereocenters. The van der Waals surface area contributed by atoms with Gasteiger partial charge < -0.3 is 25.3 Å². The number of carbonyl (C=O) groups is 2. The van der Waals surface area contributed by atoms with Crippen LogP contribution in [0.1, 0.15) is 60.3 Å². The second kappa shape index (κ2) is 9.42. The molecule has 3 N–H and O–H groups in total. The number of rotatable bonds is 6. The van der Waals surface area contributed by atoms with Crippen molar-refractivity contribution >= 4 is 34.1 Å². The van der Waals surface area contributed by atoms with E-state index in [2.05, 4.69) is 22.0 Å². The molecule has 0 aromatic carbocycles. The van der Waals surface area contributed by atoms with E-state index in [-0.39, 0.29) is 29.9 Å². The van der Waals surface area contributed by atoms with Crippen LogP contribution in [0.4, 0.5) is 0 Å². The number of carbonyl (C=O) groups excluding carboxylic acids is 2. The summed E-state index contributed by atoms with van der Waals surface area (Å²) < 4.78 is 10.1. The van der Waals surface area contributed by atoms with E-state index in [1.165, 1.54) is 12.8 Å². The van der Waals surface area contributed by atoms with Gasteiger partial charge in [-0.15, -0.1) is 0 Å². The number of aryl methyl sites for hydroxylation is 1. The number of imidazole rings is 1. The number of ether oxygens (including phenoxy) is 1. The van der Waals surface area contributed by atoms with Crippen LogP contribution in [0.3, 0.4) is 0 Å². The van der Waals surface area contributed by atoms with Gasteiger partial charge in [0, 0.05) is 54.3 Å². The molecule has 3 atom stereocenters. The fraction of sp³-hybridized carbons (Fsp3) is 0.438. The van der Waals surface area contributed by atoms with E-state index < -0.39 is 0 Å². The zero-order chi connectivity index (χ0) is 28.7. The van der Waals surface area contributed by atoms with Gasteiger partial charge in [0.2, 0.25) is 5.91 Å². The van der Waals surface area contributed by atoms with E-state index in [9.17, 15) is 9.59 Å². The minimum absolute atomic E-state index is 0.00345. The first kappa shape index (κ1) is 25.5. The third-order valence-corrected chi connectivity index (χ3v) is 9.65. The third kappa shape index (κ3) is 3.95. The molecule has 10 heteroatoms.